The van der Waals surface area contributed by atoms with Crippen molar-refractivity contribution in [2.45, 2.75) is 135 Å². The van der Waals surface area contributed by atoms with Crippen LogP contribution >= 0.6 is 22.9 Å². The molecule has 6 heterocycles. The number of fused-ring (bicyclic) bond motifs is 1. The average Bonchev–Trinajstić information content (AvgIpc) is 1.69. The molecule has 26 heteroatoms. The molecule has 4 atom stereocenters. The lowest BCUT2D eigenvalue weighted by Gasteiger charge is -2.42. The van der Waals surface area contributed by atoms with E-state index in [1.54, 1.807) is 41.8 Å². The molecular formula is C77H98ClN13O10S2. The van der Waals surface area contributed by atoms with Gasteiger partial charge in [-0.15, -0.1) is 11.3 Å². The van der Waals surface area contributed by atoms with Gasteiger partial charge in [-0.3, -0.25) is 39.2 Å². The summed E-state index contributed by atoms with van der Waals surface area (Å²) in [6.45, 7) is 24.8. The number of ether oxygens (including phenoxy) is 2. The van der Waals surface area contributed by atoms with Gasteiger partial charge >= 0.3 is 0 Å². The Morgan fingerprint density at radius 2 is 1.61 bits per heavy atom. The maximum atomic E-state index is 14.3. The molecule has 0 radical (unpaired) electrons. The summed E-state index contributed by atoms with van der Waals surface area (Å²) in [5, 5.41) is 34.7. The minimum Gasteiger partial charge on any atom is -0.455 e. The zero-order valence-corrected chi connectivity index (χ0v) is 62.5. The van der Waals surface area contributed by atoms with Crippen LogP contribution in [0.3, 0.4) is 0 Å². The van der Waals surface area contributed by atoms with E-state index in [0.717, 1.165) is 141 Å². The number of H-pyrrole nitrogens is 1. The molecule has 4 fully saturated rings. The maximum Gasteiger partial charge on any atom is 0.293 e. The fourth-order valence-electron chi connectivity index (χ4n) is 15.2. The number of hydrogen-bond acceptors (Lipinski definition) is 19. The van der Waals surface area contributed by atoms with Crippen LogP contribution in [0.1, 0.15) is 126 Å². The lowest BCUT2D eigenvalue weighted by Crippen LogP contribution is -2.57. The smallest absolute Gasteiger partial charge is 0.293 e. The molecule has 23 nitrogen and oxygen atoms in total. The summed E-state index contributed by atoms with van der Waals surface area (Å²) in [6, 6.07) is 27.3. The van der Waals surface area contributed by atoms with Crippen molar-refractivity contribution in [3.05, 3.63) is 158 Å². The highest BCUT2D eigenvalue weighted by molar-refractivity contribution is 7.90. The highest BCUT2D eigenvalue weighted by atomic mass is 35.5. The zero-order valence-electron chi connectivity index (χ0n) is 60.1. The predicted molar refractivity (Wildman–Crippen MR) is 404 cm³/mol. The summed E-state index contributed by atoms with van der Waals surface area (Å²) in [5.74, 6) is -0.774. The number of aliphatic hydroxyl groups is 1. The number of aromatic amines is 1. The number of β-amino-alcohol motifs (C(OH)–C–C–N with tert-alkyl or cyclic N) is 1. The highest BCUT2D eigenvalue weighted by Gasteiger charge is 2.44. The Bertz CT molecular complexity index is 4290. The fraction of sp³-hybridized carbons (Fsp3) is 0.494. The van der Waals surface area contributed by atoms with Crippen LogP contribution in [0.5, 0.6) is 11.5 Å². The number of rotatable bonds is 26. The van der Waals surface area contributed by atoms with Crippen molar-refractivity contribution in [1.82, 2.24) is 49.9 Å². The van der Waals surface area contributed by atoms with Crippen LogP contribution in [0, 0.1) is 33.8 Å². The van der Waals surface area contributed by atoms with Crippen molar-refractivity contribution < 1.29 is 42.3 Å². The number of aliphatic hydroxyl groups excluding tert-OH is 1. The fourth-order valence-corrected chi connectivity index (χ4v) is 17.1. The van der Waals surface area contributed by atoms with Crippen molar-refractivity contribution in [3.63, 3.8) is 0 Å². The van der Waals surface area contributed by atoms with Crippen LogP contribution in [0.2, 0.25) is 5.02 Å². The molecule has 5 aliphatic rings. The maximum absolute atomic E-state index is 14.3. The van der Waals surface area contributed by atoms with E-state index in [-0.39, 0.29) is 59.2 Å². The summed E-state index contributed by atoms with van der Waals surface area (Å²) >= 11 is 7.88. The Hall–Kier alpha value is -7.85. The molecule has 7 aromatic rings. The first-order valence-electron chi connectivity index (χ1n) is 36.2. The number of thiazole rings is 1. The van der Waals surface area contributed by atoms with Crippen molar-refractivity contribution in [1.29, 1.82) is 0 Å². The molecule has 103 heavy (non-hydrogen) atoms. The van der Waals surface area contributed by atoms with Gasteiger partial charge in [0, 0.05) is 132 Å². The second-order valence-electron chi connectivity index (χ2n) is 30.2. The first kappa shape index (κ1) is 74.9. The summed E-state index contributed by atoms with van der Waals surface area (Å²) in [7, 11) is -4.63. The number of pyridine rings is 1. The summed E-state index contributed by atoms with van der Waals surface area (Å²) < 4.78 is 42.9. The first-order chi connectivity index (χ1) is 49.3. The standard InChI is InChI=1S/C77H98ClN13O10S2/c1-50(53-10-12-55(13-11-53)70-51(2)83-49-102-70)84-74(94)68-42-61(92)48-90(68)75(95)71(76(3,4)5)79-28-38-100-39-37-86-29-33-88(34-30-86)59-18-8-52(9-19-59)45-81-66-23-21-63(43-67(66)91(96)97)103(98,99)85-73(93)64-22-20-60(41-69(64)101-62-40-56-25-27-80-72(56)82-46-62)89-35-31-87(32-36-89)47-57-24-26-77(6,7)44-65(57)54-14-16-58(78)17-15-54/h10-17,20-23,25,27,40-41,43,46,49-50,52,59,61,68,71,79,81,92H,8-9,18-19,24,26,28-39,42,44-45,47-48H2,1-7H3,(H,80,82)(H,84,94)(H,85,93)/t50-,52?,59?,61+,68-,71+/m0/s1. The third kappa shape index (κ3) is 18.6. The van der Waals surface area contributed by atoms with E-state index in [1.807, 2.05) is 82.6 Å². The molecule has 12 rings (SSSR count). The molecule has 3 aromatic heterocycles. The van der Waals surface area contributed by atoms with Crippen LogP contribution in [0.25, 0.3) is 27.0 Å². The molecule has 4 aromatic carbocycles. The van der Waals surface area contributed by atoms with Gasteiger partial charge < -0.3 is 45.3 Å². The first-order valence-corrected chi connectivity index (χ1v) is 38.9. The summed E-state index contributed by atoms with van der Waals surface area (Å²) in [5.41, 5.74) is 9.77. The minimum atomic E-state index is -4.63. The third-order valence-electron chi connectivity index (χ3n) is 21.3. The number of carbonyl (C=O) groups excluding carboxylic acids is 3. The van der Waals surface area contributed by atoms with E-state index >= 15 is 0 Å². The molecule has 0 bridgehead atoms. The molecule has 2 aliphatic carbocycles. The van der Waals surface area contributed by atoms with Crippen LogP contribution < -0.4 is 30.3 Å². The van der Waals surface area contributed by atoms with Crippen molar-refractivity contribution in [3.8, 4) is 21.9 Å². The summed E-state index contributed by atoms with van der Waals surface area (Å²) in [6.07, 6.45) is 9.64. The quantitative estimate of drug-likeness (QED) is 0.0167. The van der Waals surface area contributed by atoms with Crippen LogP contribution in [0.15, 0.2) is 125 Å². The normalized spacial score (nSPS) is 20.8. The molecule has 0 unspecified atom stereocenters. The zero-order chi connectivity index (χ0) is 72.7. The predicted octanol–water partition coefficient (Wildman–Crippen LogP) is 11.7. The number of piperazine rings is 2. The molecule has 550 valence electrons. The third-order valence-corrected chi connectivity index (χ3v) is 23.8. The Morgan fingerprint density at radius 3 is 2.32 bits per heavy atom. The monoisotopic (exact) mass is 1460 g/mol. The van der Waals surface area contributed by atoms with Gasteiger partial charge in [0.15, 0.2) is 0 Å². The number of carbonyl (C=O) groups is 3. The van der Waals surface area contributed by atoms with Crippen molar-refractivity contribution >= 4 is 84.4 Å². The van der Waals surface area contributed by atoms with Gasteiger partial charge in [-0.25, -0.2) is 23.1 Å². The largest absolute Gasteiger partial charge is 0.455 e. The van der Waals surface area contributed by atoms with Gasteiger partial charge in [0.1, 0.15) is 28.9 Å². The highest BCUT2D eigenvalue weighted by Crippen LogP contribution is 2.44. The lowest BCUT2D eigenvalue weighted by molar-refractivity contribution is -0.384. The molecule has 0 spiro atoms. The number of nitrogens with one attached hydrogen (secondary N) is 5. The van der Waals surface area contributed by atoms with E-state index in [2.05, 4.69) is 81.2 Å². The SMILES string of the molecule is Cc1ncsc1-c1ccc([C@H](C)NC(=O)[C@@H]2C[C@@H](O)CN2C(=O)[C@@H](NCCOCCN2CCN(C3CCC(CNc4ccc(S(=O)(=O)NC(=O)c5ccc(N6CCN(CC7=C(c8ccc(Cl)cc8)CC(C)(C)CC7)CC6)cc5Oc5cnc6[nH]ccc6c5)cc4[N+](=O)[O-])CC3)CC2)C(C)(C)C)cc1. The number of sulfonamides is 1. The van der Waals surface area contributed by atoms with Gasteiger partial charge in [0.2, 0.25) is 11.8 Å². The van der Waals surface area contributed by atoms with Crippen LogP contribution in [-0.4, -0.2) is 193 Å². The van der Waals surface area contributed by atoms with Gasteiger partial charge in [-0.1, -0.05) is 88.2 Å². The molecule has 3 saturated heterocycles. The Balaban J connectivity index is 0.581. The Morgan fingerprint density at radius 1 is 0.883 bits per heavy atom. The second kappa shape index (κ2) is 32.7. The van der Waals surface area contributed by atoms with Crippen LogP contribution in [-0.2, 0) is 24.3 Å². The van der Waals surface area contributed by atoms with Crippen LogP contribution in [0.4, 0.5) is 17.1 Å². The number of aryl methyl sites for hydroxylation is 1. The number of allylic oxidation sites excluding steroid dienone is 1. The molecular weight excluding hydrogens is 1370 g/mol. The lowest BCUT2D eigenvalue weighted by atomic mass is 9.72. The number of hydrogen-bond donors (Lipinski definition) is 6. The van der Waals surface area contributed by atoms with E-state index in [4.69, 9.17) is 21.1 Å². The number of nitro groups is 1. The number of likely N-dealkylation sites (tertiary alicyclic amines) is 1. The molecule has 1 saturated carbocycles. The molecule has 3 aliphatic heterocycles. The van der Waals surface area contributed by atoms with E-state index in [0.29, 0.717) is 56.8 Å². The number of halogens is 1. The van der Waals surface area contributed by atoms with Gasteiger partial charge in [-0.2, -0.15) is 0 Å². The number of amides is 3. The topological polar surface area (TPSA) is 273 Å². The number of benzene rings is 4. The average molecular weight is 1470 g/mol. The van der Waals surface area contributed by atoms with E-state index in [9.17, 15) is 38.0 Å². The van der Waals surface area contributed by atoms with E-state index in [1.165, 1.54) is 39.9 Å². The summed E-state index contributed by atoms with van der Waals surface area (Å²) in [4.78, 5) is 78.1. The van der Waals surface area contributed by atoms with Gasteiger partial charge in [0.05, 0.1) is 69.1 Å². The number of aromatic nitrogens is 3. The Kier molecular flexibility index (Phi) is 23.7. The van der Waals surface area contributed by atoms with E-state index < -0.39 is 55.0 Å². The van der Waals surface area contributed by atoms with Gasteiger partial charge in [0.25, 0.3) is 21.6 Å². The Labute approximate surface area is 613 Å². The minimum absolute atomic E-state index is 0.0500. The molecule has 6 N–H and O–H groups in total. The van der Waals surface area contributed by atoms with Gasteiger partial charge in [-0.05, 0) is 146 Å². The number of nitro benzene ring substituents is 1. The molecule has 3 amide bonds. The second-order valence-corrected chi connectivity index (χ2v) is 33.2. The van der Waals surface area contributed by atoms with Crippen molar-refractivity contribution in [2.24, 2.45) is 16.7 Å². The number of anilines is 2. The number of nitrogens with zero attached hydrogens (tertiary/aromatic N) is 8. The van der Waals surface area contributed by atoms with Crippen molar-refractivity contribution in [2.75, 3.05) is 109 Å².